The molecule has 0 radical (unpaired) electrons. The van der Waals surface area contributed by atoms with Gasteiger partial charge in [-0.3, -0.25) is 19.9 Å². The second kappa shape index (κ2) is 9.54. The SMILES string of the molecule is O=C(c1ccccc1)[C@H]1[C@H](c2ccccc2)N=C(C(Cl)Cl)N1S(=O)(=O)c1ccccc1[N+](=O)[O-]. The molecule has 3 aromatic rings. The van der Waals surface area contributed by atoms with E-state index in [1.165, 1.54) is 12.1 Å². The lowest BCUT2D eigenvalue weighted by atomic mass is 9.94. The summed E-state index contributed by atoms with van der Waals surface area (Å²) in [6.07, 6.45) is 0. The molecule has 0 saturated heterocycles. The number of nitro groups is 1. The number of hydrogen-bond donors (Lipinski definition) is 0. The number of ketones is 1. The van der Waals surface area contributed by atoms with E-state index in [1.807, 2.05) is 0 Å². The fraction of sp³-hybridized carbons (Fsp3) is 0.130. The average Bonchev–Trinajstić information content (AvgIpc) is 3.26. The second-order valence-corrected chi connectivity index (χ2v) is 10.2. The van der Waals surface area contributed by atoms with Gasteiger partial charge in [-0.2, -0.15) is 0 Å². The molecular weight excluding hydrogens is 501 g/mol. The maximum atomic E-state index is 13.9. The Balaban J connectivity index is 1.95. The molecule has 174 valence electrons. The van der Waals surface area contributed by atoms with Crippen LogP contribution in [0.25, 0.3) is 0 Å². The zero-order valence-corrected chi connectivity index (χ0v) is 19.7. The van der Waals surface area contributed by atoms with Crippen LogP contribution >= 0.6 is 23.2 Å². The van der Waals surface area contributed by atoms with E-state index in [9.17, 15) is 23.3 Å². The highest BCUT2D eigenvalue weighted by Crippen LogP contribution is 2.40. The molecule has 8 nitrogen and oxygen atoms in total. The fourth-order valence-electron chi connectivity index (χ4n) is 3.83. The molecule has 0 aromatic heterocycles. The van der Waals surface area contributed by atoms with Gasteiger partial charge in [-0.15, -0.1) is 0 Å². The minimum atomic E-state index is -4.68. The number of Topliss-reactive ketones (excluding diaryl/α,β-unsaturated/α-hetero) is 1. The van der Waals surface area contributed by atoms with Crippen molar-refractivity contribution in [2.24, 2.45) is 4.99 Å². The van der Waals surface area contributed by atoms with Crippen LogP contribution in [0.1, 0.15) is 22.0 Å². The van der Waals surface area contributed by atoms with Gasteiger partial charge < -0.3 is 0 Å². The lowest BCUT2D eigenvalue weighted by Gasteiger charge is -2.29. The molecule has 0 amide bonds. The summed E-state index contributed by atoms with van der Waals surface area (Å²) in [5.74, 6) is -0.839. The van der Waals surface area contributed by atoms with Crippen molar-refractivity contribution in [3.8, 4) is 0 Å². The molecule has 0 saturated carbocycles. The van der Waals surface area contributed by atoms with Crippen LogP contribution in [0.15, 0.2) is 94.8 Å². The number of rotatable bonds is 7. The highest BCUT2D eigenvalue weighted by atomic mass is 35.5. The zero-order valence-electron chi connectivity index (χ0n) is 17.4. The van der Waals surface area contributed by atoms with Crippen LogP contribution in [0.5, 0.6) is 0 Å². The molecule has 34 heavy (non-hydrogen) atoms. The molecule has 1 heterocycles. The Kier molecular flexibility index (Phi) is 6.70. The van der Waals surface area contributed by atoms with Gasteiger partial charge in [0.15, 0.2) is 15.5 Å². The third-order valence-corrected chi connectivity index (χ3v) is 7.53. The Morgan fingerprint density at radius 3 is 2.09 bits per heavy atom. The van der Waals surface area contributed by atoms with Crippen LogP contribution in [-0.2, 0) is 10.0 Å². The van der Waals surface area contributed by atoms with E-state index in [4.69, 9.17) is 23.2 Å². The number of para-hydroxylation sites is 1. The number of nitro benzene ring substituents is 1. The molecule has 1 aliphatic heterocycles. The van der Waals surface area contributed by atoms with E-state index in [1.54, 1.807) is 60.7 Å². The van der Waals surface area contributed by atoms with Crippen LogP contribution in [-0.4, -0.2) is 40.1 Å². The summed E-state index contributed by atoms with van der Waals surface area (Å²) in [5, 5.41) is 11.6. The van der Waals surface area contributed by atoms with Gasteiger partial charge in [-0.1, -0.05) is 96.0 Å². The lowest BCUT2D eigenvalue weighted by molar-refractivity contribution is -0.387. The van der Waals surface area contributed by atoms with E-state index in [0.717, 1.165) is 16.4 Å². The summed E-state index contributed by atoms with van der Waals surface area (Å²) in [4.78, 5) is 26.9. The average molecular weight is 518 g/mol. The Labute approximate surface area is 205 Å². The topological polar surface area (TPSA) is 110 Å². The van der Waals surface area contributed by atoms with Gasteiger partial charge in [-0.25, -0.2) is 12.7 Å². The maximum absolute atomic E-state index is 13.9. The largest absolute Gasteiger partial charge is 0.292 e. The first-order valence-corrected chi connectivity index (χ1v) is 12.3. The molecule has 2 atom stereocenters. The first-order chi connectivity index (χ1) is 16.2. The summed E-state index contributed by atoms with van der Waals surface area (Å²) in [5.41, 5.74) is 0.161. The standard InChI is InChI=1S/C23H17Cl2N3O5S/c24-22(25)23-26-19(15-9-3-1-4-10-15)20(21(29)16-11-5-2-6-12-16)27(23)34(32,33)18-14-8-7-13-17(18)28(30)31/h1-14,19-20,22H/t19-,20+/m0/s1. The molecule has 11 heteroatoms. The van der Waals surface area contributed by atoms with Crippen molar-refractivity contribution in [1.29, 1.82) is 0 Å². The smallest absolute Gasteiger partial charge is 0.289 e. The van der Waals surface area contributed by atoms with E-state index in [2.05, 4.69) is 4.99 Å². The number of aliphatic imine (C=N–C) groups is 1. The number of carbonyl (C=O) groups is 1. The van der Waals surface area contributed by atoms with Gasteiger partial charge in [0.2, 0.25) is 0 Å². The first kappa shape index (κ1) is 23.9. The van der Waals surface area contributed by atoms with Crippen LogP contribution in [0.3, 0.4) is 0 Å². The van der Waals surface area contributed by atoms with Gasteiger partial charge >= 0.3 is 0 Å². The lowest BCUT2D eigenvalue weighted by Crippen LogP contribution is -2.48. The molecule has 1 aliphatic rings. The number of benzene rings is 3. The molecule has 0 spiro atoms. The van der Waals surface area contributed by atoms with E-state index in [0.29, 0.717) is 5.56 Å². The fourth-order valence-corrected chi connectivity index (χ4v) is 6.04. The van der Waals surface area contributed by atoms with Crippen molar-refractivity contribution in [2.45, 2.75) is 21.8 Å². The number of carbonyl (C=O) groups excluding carboxylic acids is 1. The summed E-state index contributed by atoms with van der Waals surface area (Å²) in [7, 11) is -4.68. The number of alkyl halides is 2. The molecule has 0 fully saturated rings. The van der Waals surface area contributed by atoms with Crippen molar-refractivity contribution >= 4 is 50.5 Å². The monoisotopic (exact) mass is 517 g/mol. The van der Waals surface area contributed by atoms with Gasteiger partial charge in [0.1, 0.15) is 17.9 Å². The van der Waals surface area contributed by atoms with Crippen molar-refractivity contribution in [1.82, 2.24) is 4.31 Å². The van der Waals surface area contributed by atoms with Crippen molar-refractivity contribution < 1.29 is 18.1 Å². The normalized spacial score (nSPS) is 18.1. The number of nitrogens with zero attached hydrogens (tertiary/aromatic N) is 3. The molecular formula is C23H17Cl2N3O5S. The summed E-state index contributed by atoms with van der Waals surface area (Å²) >= 11 is 12.3. The zero-order chi connectivity index (χ0) is 24.5. The highest BCUT2D eigenvalue weighted by molar-refractivity contribution is 7.90. The number of hydrogen-bond acceptors (Lipinski definition) is 6. The third-order valence-electron chi connectivity index (χ3n) is 5.31. The van der Waals surface area contributed by atoms with Gasteiger partial charge in [0.05, 0.1) is 4.92 Å². The minimum Gasteiger partial charge on any atom is -0.292 e. The highest BCUT2D eigenvalue weighted by Gasteiger charge is 2.50. The second-order valence-electron chi connectivity index (χ2n) is 7.34. The van der Waals surface area contributed by atoms with Gasteiger partial charge in [0.25, 0.3) is 15.7 Å². The molecule has 0 unspecified atom stereocenters. The molecule has 4 rings (SSSR count). The van der Waals surface area contributed by atoms with Crippen molar-refractivity contribution in [2.75, 3.05) is 0 Å². The van der Waals surface area contributed by atoms with Crippen molar-refractivity contribution in [3.63, 3.8) is 0 Å². The quantitative estimate of drug-likeness (QED) is 0.193. The number of halogens is 2. The number of amidine groups is 1. The van der Waals surface area contributed by atoms with Gasteiger partial charge in [0, 0.05) is 11.6 Å². The summed E-state index contributed by atoms with van der Waals surface area (Å²) in [6, 6.07) is 19.3. The minimum absolute atomic E-state index is 0.244. The molecule has 0 aliphatic carbocycles. The van der Waals surface area contributed by atoms with Crippen LogP contribution < -0.4 is 0 Å². The van der Waals surface area contributed by atoms with Crippen LogP contribution in [0, 0.1) is 10.1 Å². The van der Waals surface area contributed by atoms with Crippen LogP contribution in [0.2, 0.25) is 0 Å². The molecule has 3 aromatic carbocycles. The number of sulfonamides is 1. The first-order valence-electron chi connectivity index (χ1n) is 10.0. The molecule has 0 bridgehead atoms. The van der Waals surface area contributed by atoms with Gasteiger partial charge in [-0.05, 0) is 11.6 Å². The van der Waals surface area contributed by atoms with Crippen LogP contribution in [0.4, 0.5) is 5.69 Å². The predicted octanol–water partition coefficient (Wildman–Crippen LogP) is 4.79. The van der Waals surface area contributed by atoms with E-state index in [-0.39, 0.29) is 11.4 Å². The molecule has 0 N–H and O–H groups in total. The third kappa shape index (κ3) is 4.29. The van der Waals surface area contributed by atoms with E-state index < -0.39 is 48.2 Å². The summed E-state index contributed by atoms with van der Waals surface area (Å²) < 4.78 is 28.5. The Hall–Kier alpha value is -3.27. The van der Waals surface area contributed by atoms with E-state index >= 15 is 0 Å². The maximum Gasteiger partial charge on any atom is 0.289 e. The Bertz CT molecular complexity index is 1370. The predicted molar refractivity (Wildman–Crippen MR) is 129 cm³/mol. The summed E-state index contributed by atoms with van der Waals surface area (Å²) in [6.45, 7) is 0. The van der Waals surface area contributed by atoms with Crippen molar-refractivity contribution in [3.05, 3.63) is 106 Å². The Morgan fingerprint density at radius 2 is 1.50 bits per heavy atom. The Morgan fingerprint density at radius 1 is 0.941 bits per heavy atom.